The number of rotatable bonds is 5. The number of nitrogens with zero attached hydrogens (tertiary/aromatic N) is 1. The fourth-order valence-electron chi connectivity index (χ4n) is 2.71. The van der Waals surface area contributed by atoms with Crippen LogP contribution in [0.1, 0.15) is 25.7 Å². The van der Waals surface area contributed by atoms with Crippen LogP contribution in [0.4, 0.5) is 0 Å². The van der Waals surface area contributed by atoms with E-state index >= 15 is 0 Å². The molecule has 19 heavy (non-hydrogen) atoms. The molecule has 0 aromatic heterocycles. The maximum atomic E-state index is 11.1. The summed E-state index contributed by atoms with van der Waals surface area (Å²) in [5.41, 5.74) is 0. The molecule has 0 bridgehead atoms. The second-order valence-corrected chi connectivity index (χ2v) is 6.16. The molecule has 0 aromatic rings. The standard InChI is InChI=1S/C15H19NO2S/c17-14(16-18)11-19-15(12-7-3-1-4-8-12)13-9-5-2-6-10-13/h1,3-5,7,9,12-13,15H,2,6,8,10-11H2. The van der Waals surface area contributed by atoms with E-state index in [4.69, 9.17) is 0 Å². The highest BCUT2D eigenvalue weighted by Crippen LogP contribution is 2.36. The van der Waals surface area contributed by atoms with Crippen molar-refractivity contribution in [2.24, 2.45) is 17.0 Å². The normalized spacial score (nSPS) is 27.2. The van der Waals surface area contributed by atoms with Gasteiger partial charge in [-0.15, -0.1) is 16.7 Å². The molecule has 0 saturated carbocycles. The number of carbonyl (C=O) groups is 1. The summed E-state index contributed by atoms with van der Waals surface area (Å²) in [5, 5.41) is 2.86. The van der Waals surface area contributed by atoms with E-state index in [9.17, 15) is 9.70 Å². The van der Waals surface area contributed by atoms with E-state index in [1.807, 2.05) is 0 Å². The van der Waals surface area contributed by atoms with Gasteiger partial charge >= 0.3 is 0 Å². The van der Waals surface area contributed by atoms with Gasteiger partial charge < -0.3 is 0 Å². The molecule has 0 spiro atoms. The van der Waals surface area contributed by atoms with Crippen LogP contribution in [-0.2, 0) is 4.79 Å². The van der Waals surface area contributed by atoms with Crippen LogP contribution >= 0.6 is 11.8 Å². The zero-order valence-electron chi connectivity index (χ0n) is 10.9. The lowest BCUT2D eigenvalue weighted by Gasteiger charge is -2.31. The molecule has 0 saturated heterocycles. The van der Waals surface area contributed by atoms with Crippen molar-refractivity contribution in [2.75, 3.05) is 5.75 Å². The van der Waals surface area contributed by atoms with E-state index in [1.165, 1.54) is 12.8 Å². The van der Waals surface area contributed by atoms with Gasteiger partial charge in [-0.05, 0) is 37.5 Å². The third-order valence-corrected chi connectivity index (χ3v) is 5.15. The lowest BCUT2D eigenvalue weighted by Crippen LogP contribution is -2.27. The Morgan fingerprint density at radius 1 is 1.26 bits per heavy atom. The second kappa shape index (κ2) is 7.43. The van der Waals surface area contributed by atoms with Gasteiger partial charge in [0, 0.05) is 10.4 Å². The molecule has 0 aliphatic heterocycles. The van der Waals surface area contributed by atoms with Crippen LogP contribution in [0.3, 0.4) is 0 Å². The summed E-state index contributed by atoms with van der Waals surface area (Å²) in [7, 11) is 0. The Hall–Kier alpha value is -1.16. The summed E-state index contributed by atoms with van der Waals surface area (Å²) in [6.45, 7) is 0. The van der Waals surface area contributed by atoms with Gasteiger partial charge in [0.1, 0.15) is 0 Å². The van der Waals surface area contributed by atoms with Gasteiger partial charge in [-0.3, -0.25) is 4.79 Å². The van der Waals surface area contributed by atoms with Crippen molar-refractivity contribution in [1.82, 2.24) is 0 Å². The zero-order valence-corrected chi connectivity index (χ0v) is 11.7. The average molecular weight is 277 g/mol. The molecular formula is C15H19NO2S. The number of allylic oxidation sites excluding steroid dienone is 6. The maximum absolute atomic E-state index is 11.1. The minimum absolute atomic E-state index is 0.201. The number of hydrogen-bond donors (Lipinski definition) is 0. The average Bonchev–Trinajstić information content (AvgIpc) is 2.49. The van der Waals surface area contributed by atoms with Crippen LogP contribution in [0.2, 0.25) is 0 Å². The van der Waals surface area contributed by atoms with Crippen molar-refractivity contribution in [2.45, 2.75) is 30.9 Å². The Morgan fingerprint density at radius 2 is 2.16 bits per heavy atom. The Labute approximate surface area is 118 Å². The predicted octanol–water partition coefficient (Wildman–Crippen LogP) is 3.87. The lowest BCUT2D eigenvalue weighted by atomic mass is 9.84. The van der Waals surface area contributed by atoms with Crippen molar-refractivity contribution >= 4 is 17.7 Å². The van der Waals surface area contributed by atoms with Crippen LogP contribution < -0.4 is 0 Å². The minimum Gasteiger partial charge on any atom is -0.268 e. The van der Waals surface area contributed by atoms with E-state index in [2.05, 4.69) is 41.6 Å². The van der Waals surface area contributed by atoms with Crippen molar-refractivity contribution in [1.29, 1.82) is 0 Å². The molecule has 0 heterocycles. The van der Waals surface area contributed by atoms with Gasteiger partial charge in [-0.2, -0.15) is 0 Å². The molecule has 0 N–H and O–H groups in total. The number of carbonyl (C=O) groups excluding carboxylic acids is 1. The first kappa shape index (κ1) is 14.3. The Morgan fingerprint density at radius 3 is 2.79 bits per heavy atom. The number of amides is 1. The van der Waals surface area contributed by atoms with E-state index in [-0.39, 0.29) is 5.75 Å². The minimum atomic E-state index is -0.551. The second-order valence-electron chi connectivity index (χ2n) is 5.00. The van der Waals surface area contributed by atoms with Crippen molar-refractivity contribution in [3.8, 4) is 0 Å². The molecule has 102 valence electrons. The number of nitroso groups, excluding NO2 is 1. The van der Waals surface area contributed by atoms with Gasteiger partial charge in [-0.25, -0.2) is 0 Å². The van der Waals surface area contributed by atoms with Crippen LogP contribution in [0.5, 0.6) is 0 Å². The van der Waals surface area contributed by atoms with E-state index in [0.29, 0.717) is 17.1 Å². The maximum Gasteiger partial charge on any atom is 0.296 e. The van der Waals surface area contributed by atoms with Crippen LogP contribution in [0, 0.1) is 16.7 Å². The van der Waals surface area contributed by atoms with E-state index in [0.717, 1.165) is 12.8 Å². The first-order chi connectivity index (χ1) is 9.31. The third kappa shape index (κ3) is 4.16. The Kier molecular flexibility index (Phi) is 5.58. The molecule has 2 rings (SSSR count). The molecule has 3 nitrogen and oxygen atoms in total. The summed E-state index contributed by atoms with van der Waals surface area (Å²) in [6, 6.07) is 0. The molecule has 0 aromatic carbocycles. The topological polar surface area (TPSA) is 46.5 Å². The molecule has 1 amide bonds. The van der Waals surface area contributed by atoms with Gasteiger partial charge in [0.15, 0.2) is 0 Å². The smallest absolute Gasteiger partial charge is 0.268 e. The number of thioether (sulfide) groups is 1. The zero-order chi connectivity index (χ0) is 13.5. The monoisotopic (exact) mass is 277 g/mol. The Bertz CT molecular complexity index is 412. The first-order valence-corrected chi connectivity index (χ1v) is 7.84. The SMILES string of the molecule is O=NC(=O)CSC(C1C=CC=CC1)C1C=CCCC1. The molecule has 0 fully saturated rings. The summed E-state index contributed by atoms with van der Waals surface area (Å²) >= 11 is 1.59. The highest BCUT2D eigenvalue weighted by atomic mass is 32.2. The molecule has 3 unspecified atom stereocenters. The predicted molar refractivity (Wildman–Crippen MR) is 79.9 cm³/mol. The molecule has 0 radical (unpaired) electrons. The van der Waals surface area contributed by atoms with E-state index in [1.54, 1.807) is 11.8 Å². The quantitative estimate of drug-likeness (QED) is 0.566. The van der Waals surface area contributed by atoms with Crippen LogP contribution in [0.15, 0.2) is 41.6 Å². The molecule has 4 heteroatoms. The van der Waals surface area contributed by atoms with E-state index < -0.39 is 5.91 Å². The largest absolute Gasteiger partial charge is 0.296 e. The molecular weight excluding hydrogens is 258 g/mol. The van der Waals surface area contributed by atoms with Gasteiger partial charge in [0.05, 0.1) is 5.75 Å². The highest BCUT2D eigenvalue weighted by molar-refractivity contribution is 8.00. The highest BCUT2D eigenvalue weighted by Gasteiger charge is 2.28. The third-order valence-electron chi connectivity index (χ3n) is 3.65. The number of hydrogen-bond acceptors (Lipinski definition) is 3. The molecule has 2 aliphatic carbocycles. The van der Waals surface area contributed by atoms with Gasteiger partial charge in [-0.1, -0.05) is 36.5 Å². The Balaban J connectivity index is 2.03. The molecule has 3 atom stereocenters. The van der Waals surface area contributed by atoms with Gasteiger partial charge in [0.2, 0.25) is 0 Å². The van der Waals surface area contributed by atoms with Crippen molar-refractivity contribution in [3.63, 3.8) is 0 Å². The lowest BCUT2D eigenvalue weighted by molar-refractivity contribution is -0.115. The molecule has 2 aliphatic rings. The summed E-state index contributed by atoms with van der Waals surface area (Å²) in [6.07, 6.45) is 17.6. The first-order valence-electron chi connectivity index (χ1n) is 6.79. The van der Waals surface area contributed by atoms with Gasteiger partial charge in [0.25, 0.3) is 5.91 Å². The fourth-order valence-corrected chi connectivity index (χ4v) is 4.03. The van der Waals surface area contributed by atoms with Crippen LogP contribution in [-0.4, -0.2) is 16.9 Å². The fraction of sp³-hybridized carbons (Fsp3) is 0.533. The summed E-state index contributed by atoms with van der Waals surface area (Å²) in [5.74, 6) is 0.596. The van der Waals surface area contributed by atoms with Crippen LogP contribution in [0.25, 0.3) is 0 Å². The van der Waals surface area contributed by atoms with Crippen molar-refractivity contribution < 1.29 is 4.79 Å². The summed E-state index contributed by atoms with van der Waals surface area (Å²) in [4.78, 5) is 21.3. The van der Waals surface area contributed by atoms with Crippen molar-refractivity contribution in [3.05, 3.63) is 41.4 Å². The summed E-state index contributed by atoms with van der Waals surface area (Å²) < 4.78 is 0.